The van der Waals surface area contributed by atoms with E-state index >= 15 is 0 Å². The van der Waals surface area contributed by atoms with Crippen LogP contribution in [0, 0.1) is 0 Å². The van der Waals surface area contributed by atoms with Gasteiger partial charge >= 0.3 is 0 Å². The molecule has 0 aromatic carbocycles. The molecule has 0 unspecified atom stereocenters. The van der Waals surface area contributed by atoms with Crippen LogP contribution >= 0.6 is 0 Å². The van der Waals surface area contributed by atoms with Gasteiger partial charge in [0.25, 0.3) is 0 Å². The molecule has 1 amide bonds. The Hall–Kier alpha value is -0.990. The van der Waals surface area contributed by atoms with Crippen molar-refractivity contribution in [3.8, 4) is 0 Å². The fourth-order valence-electron chi connectivity index (χ4n) is 0.423. The first kappa shape index (κ1) is 8.01. The summed E-state index contributed by atoms with van der Waals surface area (Å²) in [6, 6.07) is 0. The Morgan fingerprint density at radius 2 is 1.89 bits per heavy atom. The van der Waals surface area contributed by atoms with Gasteiger partial charge in [-0.1, -0.05) is 6.92 Å². The van der Waals surface area contributed by atoms with E-state index < -0.39 is 5.91 Å². The number of allylic oxidation sites excluding steroid dienone is 1. The predicted octanol–water partition coefficient (Wildman–Crippen LogP) is 0.114. The Balaban J connectivity index is 4.28. The predicted molar refractivity (Wildman–Crippen MR) is 36.4 cm³/mol. The molecule has 3 nitrogen and oxygen atoms in total. The molecule has 0 heterocycles. The molecule has 0 saturated carbocycles. The zero-order chi connectivity index (χ0) is 7.44. The van der Waals surface area contributed by atoms with Crippen molar-refractivity contribution >= 4 is 5.91 Å². The second-order valence-electron chi connectivity index (χ2n) is 1.87. The van der Waals surface area contributed by atoms with Crippen molar-refractivity contribution in [3.05, 3.63) is 11.3 Å². The zero-order valence-corrected chi connectivity index (χ0v) is 5.77. The molecule has 3 heteroatoms. The van der Waals surface area contributed by atoms with Crippen molar-refractivity contribution < 1.29 is 4.79 Å². The number of hydrogen-bond donors (Lipinski definition) is 2. The molecule has 0 spiro atoms. The average molecular weight is 128 g/mol. The summed E-state index contributed by atoms with van der Waals surface area (Å²) >= 11 is 0. The molecule has 0 saturated heterocycles. The van der Waals surface area contributed by atoms with Crippen LogP contribution in [0.2, 0.25) is 0 Å². The first-order valence-corrected chi connectivity index (χ1v) is 2.84. The summed E-state index contributed by atoms with van der Waals surface area (Å²) in [6.07, 6.45) is 0.675. The van der Waals surface area contributed by atoms with Gasteiger partial charge in [-0.05, 0) is 13.3 Å². The van der Waals surface area contributed by atoms with E-state index in [1.165, 1.54) is 0 Å². The van der Waals surface area contributed by atoms with E-state index in [0.717, 1.165) is 0 Å². The highest BCUT2D eigenvalue weighted by Gasteiger charge is 2.00. The second kappa shape index (κ2) is 3.12. The van der Waals surface area contributed by atoms with Crippen LogP contribution in [0.5, 0.6) is 0 Å². The zero-order valence-electron chi connectivity index (χ0n) is 5.77. The van der Waals surface area contributed by atoms with E-state index in [1.54, 1.807) is 6.92 Å². The van der Waals surface area contributed by atoms with Gasteiger partial charge in [-0.25, -0.2) is 0 Å². The summed E-state index contributed by atoms with van der Waals surface area (Å²) in [5.74, 6) is -0.436. The number of amides is 1. The van der Waals surface area contributed by atoms with Crippen molar-refractivity contribution in [1.82, 2.24) is 0 Å². The van der Waals surface area contributed by atoms with Crippen molar-refractivity contribution in [2.24, 2.45) is 11.5 Å². The Morgan fingerprint density at radius 3 is 2.00 bits per heavy atom. The van der Waals surface area contributed by atoms with E-state index in [4.69, 9.17) is 11.5 Å². The SMILES string of the molecule is CCC(N)=C(C)C(N)=O. The molecular weight excluding hydrogens is 116 g/mol. The van der Waals surface area contributed by atoms with Crippen LogP contribution in [-0.4, -0.2) is 5.91 Å². The van der Waals surface area contributed by atoms with E-state index in [2.05, 4.69) is 0 Å². The molecule has 0 aliphatic rings. The second-order valence-corrected chi connectivity index (χ2v) is 1.87. The molecule has 0 fully saturated rings. The van der Waals surface area contributed by atoms with E-state index in [-0.39, 0.29) is 0 Å². The minimum Gasteiger partial charge on any atom is -0.402 e. The van der Waals surface area contributed by atoms with Gasteiger partial charge in [0.15, 0.2) is 0 Å². The molecule has 0 aromatic heterocycles. The molecule has 0 aromatic rings. The highest BCUT2D eigenvalue weighted by atomic mass is 16.1. The van der Waals surface area contributed by atoms with Crippen LogP contribution in [-0.2, 0) is 4.79 Å². The summed E-state index contributed by atoms with van der Waals surface area (Å²) in [4.78, 5) is 10.4. The molecule has 0 aliphatic heterocycles. The third-order valence-corrected chi connectivity index (χ3v) is 1.23. The minimum atomic E-state index is -0.436. The molecule has 52 valence electrons. The number of rotatable bonds is 2. The molecule has 9 heavy (non-hydrogen) atoms. The summed E-state index contributed by atoms with van der Waals surface area (Å²) in [5.41, 5.74) is 11.4. The lowest BCUT2D eigenvalue weighted by Crippen LogP contribution is -2.16. The molecule has 4 N–H and O–H groups in total. The van der Waals surface area contributed by atoms with Gasteiger partial charge in [-0.2, -0.15) is 0 Å². The summed E-state index contributed by atoms with van der Waals surface area (Å²) in [6.45, 7) is 3.50. The highest BCUT2D eigenvalue weighted by Crippen LogP contribution is 1.99. The number of hydrogen-bond acceptors (Lipinski definition) is 2. The summed E-state index contributed by atoms with van der Waals surface area (Å²) in [5, 5.41) is 0. The molecule has 0 radical (unpaired) electrons. The summed E-state index contributed by atoms with van der Waals surface area (Å²) in [7, 11) is 0. The van der Waals surface area contributed by atoms with Gasteiger partial charge in [-0.3, -0.25) is 4.79 Å². The van der Waals surface area contributed by atoms with Crippen molar-refractivity contribution in [1.29, 1.82) is 0 Å². The average Bonchev–Trinajstić information content (AvgIpc) is 1.84. The topological polar surface area (TPSA) is 69.1 Å². The van der Waals surface area contributed by atoms with Crippen molar-refractivity contribution in [2.45, 2.75) is 20.3 Å². The third-order valence-electron chi connectivity index (χ3n) is 1.23. The number of carbonyl (C=O) groups is 1. The Bertz CT molecular complexity index is 149. The molecule has 0 atom stereocenters. The maximum absolute atomic E-state index is 10.4. The maximum atomic E-state index is 10.4. The quantitative estimate of drug-likeness (QED) is 0.518. The molecule has 0 bridgehead atoms. The van der Waals surface area contributed by atoms with Gasteiger partial charge in [0, 0.05) is 11.3 Å². The van der Waals surface area contributed by atoms with Gasteiger partial charge in [-0.15, -0.1) is 0 Å². The normalized spacial score (nSPS) is 12.7. The van der Waals surface area contributed by atoms with Gasteiger partial charge < -0.3 is 11.5 Å². The lowest BCUT2D eigenvalue weighted by atomic mass is 10.2. The van der Waals surface area contributed by atoms with Crippen molar-refractivity contribution in [2.75, 3.05) is 0 Å². The lowest BCUT2D eigenvalue weighted by molar-refractivity contribution is -0.114. The van der Waals surface area contributed by atoms with Crippen LogP contribution in [0.25, 0.3) is 0 Å². The van der Waals surface area contributed by atoms with Crippen LogP contribution in [0.3, 0.4) is 0 Å². The monoisotopic (exact) mass is 128 g/mol. The van der Waals surface area contributed by atoms with Gasteiger partial charge in [0.05, 0.1) is 0 Å². The number of primary amides is 1. The van der Waals surface area contributed by atoms with Crippen LogP contribution in [0.15, 0.2) is 11.3 Å². The Labute approximate surface area is 54.7 Å². The third kappa shape index (κ3) is 2.17. The maximum Gasteiger partial charge on any atom is 0.246 e. The number of nitrogens with two attached hydrogens (primary N) is 2. The molecular formula is C6H12N2O. The first-order valence-electron chi connectivity index (χ1n) is 2.84. The van der Waals surface area contributed by atoms with Crippen molar-refractivity contribution in [3.63, 3.8) is 0 Å². The van der Waals surface area contributed by atoms with Crippen LogP contribution < -0.4 is 11.5 Å². The standard InChI is InChI=1S/C6H12N2O/c1-3-5(7)4(2)6(8)9/h3,7H2,1-2H3,(H2,8,9). The number of carbonyl (C=O) groups excluding carboxylic acids is 1. The van der Waals surface area contributed by atoms with E-state index in [0.29, 0.717) is 17.7 Å². The van der Waals surface area contributed by atoms with Crippen LogP contribution in [0.4, 0.5) is 0 Å². The first-order chi connectivity index (χ1) is 4.09. The van der Waals surface area contributed by atoms with Gasteiger partial charge in [0.2, 0.25) is 5.91 Å². The smallest absolute Gasteiger partial charge is 0.246 e. The fraction of sp³-hybridized carbons (Fsp3) is 0.500. The highest BCUT2D eigenvalue weighted by molar-refractivity contribution is 5.91. The Kier molecular flexibility index (Phi) is 2.78. The molecule has 0 rings (SSSR count). The fourth-order valence-corrected chi connectivity index (χ4v) is 0.423. The lowest BCUT2D eigenvalue weighted by Gasteiger charge is -1.98. The molecule has 0 aliphatic carbocycles. The van der Waals surface area contributed by atoms with E-state index in [9.17, 15) is 4.79 Å². The summed E-state index contributed by atoms with van der Waals surface area (Å²) < 4.78 is 0. The van der Waals surface area contributed by atoms with Crippen LogP contribution in [0.1, 0.15) is 20.3 Å². The van der Waals surface area contributed by atoms with E-state index in [1.807, 2.05) is 6.92 Å². The van der Waals surface area contributed by atoms with Gasteiger partial charge in [0.1, 0.15) is 0 Å². The Morgan fingerprint density at radius 1 is 1.44 bits per heavy atom. The minimum absolute atomic E-state index is 0.436. The largest absolute Gasteiger partial charge is 0.402 e.